The second kappa shape index (κ2) is 8.47. The van der Waals surface area contributed by atoms with Gasteiger partial charge < -0.3 is 20.0 Å². The normalized spacial score (nSPS) is 22.2. The van der Waals surface area contributed by atoms with Gasteiger partial charge in [0.2, 0.25) is 5.91 Å². The summed E-state index contributed by atoms with van der Waals surface area (Å²) in [5.41, 5.74) is 3.43. The summed E-state index contributed by atoms with van der Waals surface area (Å²) in [5, 5.41) is 14.9. The molecular weight excluding hydrogens is 378 g/mol. The molecular formula is C21H26NO5S-. The predicted octanol–water partition coefficient (Wildman–Crippen LogP) is 2.85. The number of aliphatic carboxylic acids is 1. The molecule has 7 heteroatoms. The fourth-order valence-electron chi connectivity index (χ4n) is 4.17. The van der Waals surface area contributed by atoms with Gasteiger partial charge >= 0.3 is 5.97 Å². The number of carboxylic acids is 1. The van der Waals surface area contributed by atoms with Gasteiger partial charge in [0.25, 0.3) is 0 Å². The fourth-order valence-corrected chi connectivity index (χ4v) is 5.45. The van der Waals surface area contributed by atoms with Gasteiger partial charge in [-0.15, -0.1) is 11.3 Å². The molecule has 0 radical (unpaired) electrons. The Balaban J connectivity index is 1.91. The molecule has 1 heterocycles. The number of methoxy groups -OCH3 is 1. The van der Waals surface area contributed by atoms with Crippen LogP contribution in [0.1, 0.15) is 66.8 Å². The number of allylic oxidation sites excluding steroid dienone is 2. The highest BCUT2D eigenvalue weighted by Crippen LogP contribution is 2.40. The monoisotopic (exact) mass is 404 g/mol. The summed E-state index contributed by atoms with van der Waals surface area (Å²) in [6, 6.07) is 0. The van der Waals surface area contributed by atoms with Gasteiger partial charge in [-0.2, -0.15) is 0 Å². The molecule has 1 aromatic heterocycles. The van der Waals surface area contributed by atoms with E-state index in [4.69, 9.17) is 4.74 Å². The van der Waals surface area contributed by atoms with Crippen LogP contribution in [0, 0.1) is 11.8 Å². The maximum Gasteiger partial charge on any atom is 0.341 e. The van der Waals surface area contributed by atoms with Gasteiger partial charge in [-0.1, -0.05) is 17.6 Å². The zero-order chi connectivity index (χ0) is 20.4. The molecule has 1 aromatic rings. The summed E-state index contributed by atoms with van der Waals surface area (Å²) < 4.78 is 4.96. The minimum atomic E-state index is -1.21. The lowest BCUT2D eigenvalue weighted by Gasteiger charge is -2.32. The van der Waals surface area contributed by atoms with Crippen molar-refractivity contribution < 1.29 is 24.2 Å². The van der Waals surface area contributed by atoms with Crippen molar-refractivity contribution in [3.63, 3.8) is 0 Å². The molecule has 28 heavy (non-hydrogen) atoms. The molecule has 0 aliphatic heterocycles. The summed E-state index contributed by atoms with van der Waals surface area (Å²) in [4.78, 5) is 38.2. The molecule has 2 aliphatic carbocycles. The van der Waals surface area contributed by atoms with Crippen LogP contribution in [-0.4, -0.2) is 25.0 Å². The van der Waals surface area contributed by atoms with E-state index in [-0.39, 0.29) is 5.91 Å². The van der Waals surface area contributed by atoms with Crippen LogP contribution in [0.5, 0.6) is 0 Å². The first-order valence-corrected chi connectivity index (χ1v) is 10.5. The number of ether oxygens (including phenoxy) is 1. The SMILES string of the molecule is COC(=O)c1c(NC(=O)[C@@H]2CC(C)=C(C)C[C@@H]2C(=O)[O-])sc2c1CCCCC2. The maximum atomic E-state index is 13.0. The molecule has 0 saturated carbocycles. The lowest BCUT2D eigenvalue weighted by atomic mass is 9.76. The van der Waals surface area contributed by atoms with Gasteiger partial charge in [0, 0.05) is 16.8 Å². The molecule has 3 rings (SSSR count). The molecule has 1 N–H and O–H groups in total. The Labute approximate surface area is 169 Å². The number of carbonyl (C=O) groups excluding carboxylic acids is 3. The first kappa shape index (κ1) is 20.6. The number of rotatable bonds is 4. The first-order valence-electron chi connectivity index (χ1n) is 9.73. The van der Waals surface area contributed by atoms with Gasteiger partial charge in [0.05, 0.1) is 18.6 Å². The third kappa shape index (κ3) is 3.99. The van der Waals surface area contributed by atoms with Crippen LogP contribution in [0.4, 0.5) is 5.00 Å². The van der Waals surface area contributed by atoms with E-state index in [9.17, 15) is 19.5 Å². The minimum absolute atomic E-state index is 0.317. The van der Waals surface area contributed by atoms with Crippen molar-refractivity contribution >= 4 is 34.2 Å². The van der Waals surface area contributed by atoms with Crippen molar-refractivity contribution in [2.75, 3.05) is 12.4 Å². The van der Waals surface area contributed by atoms with Crippen molar-refractivity contribution in [3.05, 3.63) is 27.2 Å². The number of anilines is 1. The first-order chi connectivity index (χ1) is 13.3. The molecule has 0 bridgehead atoms. The predicted molar refractivity (Wildman–Crippen MR) is 105 cm³/mol. The van der Waals surface area contributed by atoms with Gasteiger partial charge in [0.15, 0.2) is 0 Å². The van der Waals surface area contributed by atoms with Gasteiger partial charge in [0.1, 0.15) is 5.00 Å². The molecule has 0 unspecified atom stereocenters. The van der Waals surface area contributed by atoms with Crippen molar-refractivity contribution in [3.8, 4) is 0 Å². The van der Waals surface area contributed by atoms with Crippen molar-refractivity contribution in [1.82, 2.24) is 0 Å². The Morgan fingerprint density at radius 3 is 2.32 bits per heavy atom. The van der Waals surface area contributed by atoms with E-state index >= 15 is 0 Å². The number of amides is 1. The maximum absolute atomic E-state index is 13.0. The number of hydrogen-bond acceptors (Lipinski definition) is 6. The standard InChI is InChI=1S/C21H27NO5S/c1-11-9-14(15(20(24)25)10-12(11)2)18(23)22-19-17(21(26)27-3)13-7-5-4-6-8-16(13)28-19/h14-15H,4-10H2,1-3H3,(H,22,23)(H,24,25)/p-1/t14-,15+/m1/s1. The van der Waals surface area contributed by atoms with Crippen molar-refractivity contribution in [2.45, 2.75) is 58.8 Å². The van der Waals surface area contributed by atoms with E-state index in [1.165, 1.54) is 18.4 Å². The van der Waals surface area contributed by atoms with Crippen LogP contribution < -0.4 is 10.4 Å². The Morgan fingerprint density at radius 2 is 1.68 bits per heavy atom. The second-order valence-corrected chi connectivity index (χ2v) is 8.86. The van der Waals surface area contributed by atoms with Crippen LogP contribution in [0.2, 0.25) is 0 Å². The molecule has 2 aliphatic rings. The zero-order valence-corrected chi connectivity index (χ0v) is 17.4. The molecule has 1 amide bonds. The molecule has 2 atom stereocenters. The fraction of sp³-hybridized carbons (Fsp3) is 0.571. The second-order valence-electron chi connectivity index (χ2n) is 7.75. The highest BCUT2D eigenvalue weighted by Gasteiger charge is 2.35. The Morgan fingerprint density at radius 1 is 1.04 bits per heavy atom. The third-order valence-electron chi connectivity index (χ3n) is 5.95. The van der Waals surface area contributed by atoms with Gasteiger partial charge in [-0.25, -0.2) is 4.79 Å². The summed E-state index contributed by atoms with van der Waals surface area (Å²) in [7, 11) is 1.33. The molecule has 152 valence electrons. The summed E-state index contributed by atoms with van der Waals surface area (Å²) in [5.74, 6) is -3.60. The molecule has 0 fully saturated rings. The van der Waals surface area contributed by atoms with Crippen LogP contribution in [0.15, 0.2) is 11.1 Å². The summed E-state index contributed by atoms with van der Waals surface area (Å²) in [6.07, 6.45) is 5.54. The molecule has 0 spiro atoms. The van der Waals surface area contributed by atoms with E-state index < -0.39 is 23.8 Å². The quantitative estimate of drug-likeness (QED) is 0.473. The molecule has 0 aromatic carbocycles. The van der Waals surface area contributed by atoms with Crippen LogP contribution in [-0.2, 0) is 27.2 Å². The number of nitrogens with one attached hydrogen (secondary N) is 1. The summed E-state index contributed by atoms with van der Waals surface area (Å²) >= 11 is 1.41. The van der Waals surface area contributed by atoms with Crippen molar-refractivity contribution in [1.29, 1.82) is 0 Å². The zero-order valence-electron chi connectivity index (χ0n) is 16.6. The highest BCUT2D eigenvalue weighted by molar-refractivity contribution is 7.17. The lowest BCUT2D eigenvalue weighted by Crippen LogP contribution is -2.42. The van der Waals surface area contributed by atoms with Crippen LogP contribution in [0.3, 0.4) is 0 Å². The van der Waals surface area contributed by atoms with E-state index in [1.807, 2.05) is 13.8 Å². The van der Waals surface area contributed by atoms with Crippen LogP contribution in [0.25, 0.3) is 0 Å². The minimum Gasteiger partial charge on any atom is -0.550 e. The Kier molecular flexibility index (Phi) is 6.23. The number of fused-ring (bicyclic) bond motifs is 1. The number of esters is 1. The number of carboxylic acid groups (broad SMARTS) is 1. The Bertz CT molecular complexity index is 838. The smallest absolute Gasteiger partial charge is 0.341 e. The highest BCUT2D eigenvalue weighted by atomic mass is 32.1. The summed E-state index contributed by atoms with van der Waals surface area (Å²) in [6.45, 7) is 3.82. The van der Waals surface area contributed by atoms with Gasteiger partial charge in [-0.05, 0) is 57.9 Å². The van der Waals surface area contributed by atoms with E-state index in [0.29, 0.717) is 23.4 Å². The largest absolute Gasteiger partial charge is 0.550 e. The average Bonchev–Trinajstić information content (AvgIpc) is 2.83. The number of hydrogen-bond donors (Lipinski definition) is 1. The van der Waals surface area contributed by atoms with Crippen LogP contribution >= 0.6 is 11.3 Å². The number of thiophene rings is 1. The topological polar surface area (TPSA) is 95.5 Å². The van der Waals surface area contributed by atoms with Crippen molar-refractivity contribution in [2.24, 2.45) is 11.8 Å². The van der Waals surface area contributed by atoms with Gasteiger partial charge in [-0.3, -0.25) is 4.79 Å². The third-order valence-corrected chi connectivity index (χ3v) is 7.16. The van der Waals surface area contributed by atoms with E-state index in [2.05, 4.69) is 5.32 Å². The number of aryl methyl sites for hydroxylation is 1. The number of carbonyl (C=O) groups is 3. The average molecular weight is 405 g/mol. The van der Waals surface area contributed by atoms with E-state index in [0.717, 1.165) is 53.7 Å². The lowest BCUT2D eigenvalue weighted by molar-refractivity contribution is -0.313. The molecule has 6 nitrogen and oxygen atoms in total. The Hall–Kier alpha value is -2.15. The van der Waals surface area contributed by atoms with E-state index in [1.54, 1.807) is 0 Å². The molecule has 0 saturated heterocycles.